The van der Waals surface area contributed by atoms with E-state index in [0.29, 0.717) is 11.3 Å². The zero-order valence-corrected chi connectivity index (χ0v) is 19.7. The molecule has 0 spiro atoms. The van der Waals surface area contributed by atoms with Crippen molar-refractivity contribution < 1.29 is 32.7 Å². The molecule has 0 atom stereocenters. The second-order valence-electron chi connectivity index (χ2n) is 6.19. The average Bonchev–Trinajstić information content (AvgIpc) is 2.81. The second-order valence-corrected chi connectivity index (χ2v) is 7.17. The first-order valence-electron chi connectivity index (χ1n) is 10.1. The summed E-state index contributed by atoms with van der Waals surface area (Å²) < 4.78 is 43.7. The molecule has 0 unspecified atom stereocenters. The summed E-state index contributed by atoms with van der Waals surface area (Å²) in [5.74, 6) is -3.73. The molecule has 0 saturated heterocycles. The van der Waals surface area contributed by atoms with Gasteiger partial charge in [-0.2, -0.15) is 11.8 Å². The van der Waals surface area contributed by atoms with E-state index in [1.165, 1.54) is 23.9 Å². The van der Waals surface area contributed by atoms with Gasteiger partial charge in [0, 0.05) is 11.3 Å². The van der Waals surface area contributed by atoms with Crippen LogP contribution in [0.2, 0.25) is 0 Å². The number of halogens is 3. The van der Waals surface area contributed by atoms with E-state index in [4.69, 9.17) is 14.8 Å². The highest BCUT2D eigenvalue weighted by molar-refractivity contribution is 7.98. The lowest BCUT2D eigenvalue weighted by Gasteiger charge is -2.15. The van der Waals surface area contributed by atoms with E-state index in [2.05, 4.69) is 10.5 Å². The molecular formula is C22H28F3N3O4S. The van der Waals surface area contributed by atoms with E-state index < -0.39 is 29.0 Å². The minimum absolute atomic E-state index is 0.156. The number of aliphatic hydroxyl groups excluding tert-OH is 1. The molecule has 0 aromatic heterocycles. The van der Waals surface area contributed by atoms with Crippen LogP contribution in [0, 0.1) is 24.4 Å². The van der Waals surface area contributed by atoms with Gasteiger partial charge in [0.15, 0.2) is 11.6 Å². The number of amides is 1. The van der Waals surface area contributed by atoms with Crippen LogP contribution in [0.25, 0.3) is 0 Å². The van der Waals surface area contributed by atoms with Crippen molar-refractivity contribution in [3.05, 3.63) is 58.4 Å². The molecule has 33 heavy (non-hydrogen) atoms. The van der Waals surface area contributed by atoms with Crippen molar-refractivity contribution in [3.8, 4) is 0 Å². The topological polar surface area (TPSA) is 92.2 Å². The van der Waals surface area contributed by atoms with Crippen LogP contribution >= 0.6 is 11.8 Å². The van der Waals surface area contributed by atoms with Gasteiger partial charge in [-0.1, -0.05) is 25.1 Å². The second kappa shape index (κ2) is 15.1. The van der Waals surface area contributed by atoms with E-state index in [0.717, 1.165) is 12.3 Å². The first-order chi connectivity index (χ1) is 15.9. The molecule has 1 amide bonds. The molecule has 182 valence electrons. The van der Waals surface area contributed by atoms with E-state index >= 15 is 0 Å². The SMILES string of the molecule is CC.CSCCO/N=C/c1cc(C(=O)NOCCO)c(Nc2ccc(C)cc2F)c(F)c1F. The number of aliphatic hydroxyl groups is 1. The zero-order valence-electron chi connectivity index (χ0n) is 18.9. The molecule has 2 aromatic carbocycles. The first-order valence-corrected chi connectivity index (χ1v) is 11.5. The normalized spacial score (nSPS) is 10.5. The molecule has 2 aromatic rings. The molecule has 0 saturated carbocycles. The van der Waals surface area contributed by atoms with Gasteiger partial charge in [0.2, 0.25) is 0 Å². The average molecular weight is 488 g/mol. The van der Waals surface area contributed by atoms with Gasteiger partial charge in [-0.05, 0) is 36.9 Å². The molecule has 0 bridgehead atoms. The number of carbonyl (C=O) groups is 1. The molecule has 2 rings (SSSR count). The van der Waals surface area contributed by atoms with Gasteiger partial charge in [-0.3, -0.25) is 9.63 Å². The smallest absolute Gasteiger partial charge is 0.277 e. The predicted octanol–water partition coefficient (Wildman–Crippen LogP) is 4.55. The van der Waals surface area contributed by atoms with Crippen LogP contribution in [0.5, 0.6) is 0 Å². The summed E-state index contributed by atoms with van der Waals surface area (Å²) in [6, 6.07) is 5.12. The monoisotopic (exact) mass is 487 g/mol. The van der Waals surface area contributed by atoms with Crippen molar-refractivity contribution in [2.75, 3.05) is 37.1 Å². The van der Waals surface area contributed by atoms with Gasteiger partial charge in [-0.15, -0.1) is 0 Å². The van der Waals surface area contributed by atoms with Crippen LogP contribution in [0.1, 0.15) is 35.3 Å². The fraction of sp³-hybridized carbons (Fsp3) is 0.364. The number of oxime groups is 1. The number of nitrogens with zero attached hydrogens (tertiary/aromatic N) is 1. The third-order valence-electron chi connectivity index (χ3n) is 3.87. The molecule has 0 heterocycles. The number of aryl methyl sites for hydroxylation is 1. The number of hydroxylamine groups is 1. The molecule has 7 nitrogen and oxygen atoms in total. The highest BCUT2D eigenvalue weighted by atomic mass is 32.2. The number of rotatable bonds is 11. The van der Waals surface area contributed by atoms with E-state index in [-0.39, 0.29) is 36.6 Å². The minimum Gasteiger partial charge on any atom is -0.395 e. The number of carbonyl (C=O) groups excluding carboxylic acids is 1. The van der Waals surface area contributed by atoms with Crippen molar-refractivity contribution in [1.82, 2.24) is 5.48 Å². The summed E-state index contributed by atoms with van der Waals surface area (Å²) in [6.45, 7) is 5.34. The van der Waals surface area contributed by atoms with Gasteiger partial charge in [0.1, 0.15) is 12.4 Å². The van der Waals surface area contributed by atoms with Crippen LogP contribution in [-0.2, 0) is 9.68 Å². The molecular weight excluding hydrogens is 459 g/mol. The Bertz CT molecular complexity index is 946. The molecule has 3 N–H and O–H groups in total. The Balaban J connectivity index is 0.00000265. The molecule has 0 aliphatic heterocycles. The maximum absolute atomic E-state index is 14.9. The molecule has 0 radical (unpaired) electrons. The Hall–Kier alpha value is -2.76. The lowest BCUT2D eigenvalue weighted by molar-refractivity contribution is 0.0168. The van der Waals surface area contributed by atoms with Gasteiger partial charge in [-0.25, -0.2) is 18.7 Å². The number of thioether (sulfide) groups is 1. The van der Waals surface area contributed by atoms with Crippen LogP contribution in [0.15, 0.2) is 29.4 Å². The standard InChI is InChI=1S/C20H22F3N3O4S.C2H6/c1-12-3-4-16(15(21)9-12)25-19-14(20(28)26-30-6-5-27)10-13(17(22)18(19)23)11-24-29-7-8-31-2;1-2/h3-4,9-11,25,27H,5-8H2,1-2H3,(H,26,28);1-2H3/b24-11+;. The lowest BCUT2D eigenvalue weighted by Crippen LogP contribution is -2.26. The predicted molar refractivity (Wildman–Crippen MR) is 125 cm³/mol. The van der Waals surface area contributed by atoms with E-state index in [1.54, 1.807) is 13.0 Å². The summed E-state index contributed by atoms with van der Waals surface area (Å²) >= 11 is 1.52. The van der Waals surface area contributed by atoms with Crippen molar-refractivity contribution in [2.24, 2.45) is 5.16 Å². The van der Waals surface area contributed by atoms with Crippen molar-refractivity contribution >= 4 is 35.3 Å². The first kappa shape index (κ1) is 28.3. The number of anilines is 2. The third kappa shape index (κ3) is 8.60. The third-order valence-corrected chi connectivity index (χ3v) is 4.44. The van der Waals surface area contributed by atoms with Crippen LogP contribution in [-0.4, -0.2) is 49.1 Å². The molecule has 0 fully saturated rings. The maximum atomic E-state index is 14.9. The number of benzene rings is 2. The lowest BCUT2D eigenvalue weighted by atomic mass is 10.1. The summed E-state index contributed by atoms with van der Waals surface area (Å²) in [7, 11) is 0. The van der Waals surface area contributed by atoms with Gasteiger partial charge in [0.05, 0.1) is 36.4 Å². The fourth-order valence-electron chi connectivity index (χ4n) is 2.38. The zero-order chi connectivity index (χ0) is 24.8. The quantitative estimate of drug-likeness (QED) is 0.245. The van der Waals surface area contributed by atoms with Crippen LogP contribution < -0.4 is 10.8 Å². The molecule has 11 heteroatoms. The van der Waals surface area contributed by atoms with Gasteiger partial charge in [0.25, 0.3) is 5.91 Å². The van der Waals surface area contributed by atoms with Crippen molar-refractivity contribution in [1.29, 1.82) is 0 Å². The van der Waals surface area contributed by atoms with Crippen LogP contribution in [0.4, 0.5) is 24.5 Å². The highest BCUT2D eigenvalue weighted by Crippen LogP contribution is 2.30. The Labute approximate surface area is 195 Å². The van der Waals surface area contributed by atoms with E-state index in [9.17, 15) is 18.0 Å². The van der Waals surface area contributed by atoms with Crippen LogP contribution in [0.3, 0.4) is 0 Å². The van der Waals surface area contributed by atoms with Gasteiger partial charge < -0.3 is 15.3 Å². The molecule has 0 aliphatic rings. The van der Waals surface area contributed by atoms with E-state index in [1.807, 2.05) is 25.6 Å². The maximum Gasteiger partial charge on any atom is 0.277 e. The Morgan fingerprint density at radius 3 is 2.55 bits per heavy atom. The summed E-state index contributed by atoms with van der Waals surface area (Å²) in [5.41, 5.74) is 1.15. The van der Waals surface area contributed by atoms with Gasteiger partial charge >= 0.3 is 0 Å². The largest absolute Gasteiger partial charge is 0.395 e. The number of hydrogen-bond acceptors (Lipinski definition) is 7. The number of nitrogens with one attached hydrogen (secondary N) is 2. The summed E-state index contributed by atoms with van der Waals surface area (Å²) in [5, 5.41) is 14.8. The highest BCUT2D eigenvalue weighted by Gasteiger charge is 2.23. The minimum atomic E-state index is -1.42. The number of hydrogen-bond donors (Lipinski definition) is 3. The Morgan fingerprint density at radius 2 is 1.91 bits per heavy atom. The fourth-order valence-corrected chi connectivity index (χ4v) is 2.62. The summed E-state index contributed by atoms with van der Waals surface area (Å²) in [6.07, 6.45) is 2.80. The Kier molecular flexibility index (Phi) is 13.0. The Morgan fingerprint density at radius 1 is 1.18 bits per heavy atom. The van der Waals surface area contributed by atoms with Crippen molar-refractivity contribution in [2.45, 2.75) is 20.8 Å². The van der Waals surface area contributed by atoms with Crippen molar-refractivity contribution in [3.63, 3.8) is 0 Å². The summed E-state index contributed by atoms with van der Waals surface area (Å²) in [4.78, 5) is 22.2. The molecule has 0 aliphatic carbocycles.